The van der Waals surface area contributed by atoms with Crippen LogP contribution in [0.3, 0.4) is 0 Å². The van der Waals surface area contributed by atoms with Gasteiger partial charge in [-0.2, -0.15) is 5.10 Å². The van der Waals surface area contributed by atoms with E-state index in [0.717, 1.165) is 19.6 Å². The summed E-state index contributed by atoms with van der Waals surface area (Å²) in [6, 6.07) is 1.81. The molecule has 2 rings (SSSR count). The number of carbonyl (C=O) groups is 1. The third-order valence-corrected chi connectivity index (χ3v) is 3.11. The largest absolute Gasteiger partial charge is 0.373 e. The molecule has 2 heterocycles. The molecule has 2 unspecified atom stereocenters. The number of amides is 1. The van der Waals surface area contributed by atoms with E-state index in [4.69, 9.17) is 4.74 Å². The van der Waals surface area contributed by atoms with Crippen LogP contribution in [0.5, 0.6) is 0 Å². The van der Waals surface area contributed by atoms with E-state index < -0.39 is 0 Å². The molecule has 0 spiro atoms. The second-order valence-electron chi connectivity index (χ2n) is 5.07. The van der Waals surface area contributed by atoms with Gasteiger partial charge in [0, 0.05) is 38.6 Å². The maximum Gasteiger partial charge on any atom is 0.241 e. The van der Waals surface area contributed by atoms with Gasteiger partial charge in [0.05, 0.1) is 12.2 Å². The Morgan fingerprint density at radius 1 is 1.42 bits per heavy atom. The van der Waals surface area contributed by atoms with Crippen LogP contribution in [-0.4, -0.2) is 59.0 Å². The minimum absolute atomic E-state index is 0.00180. The molecule has 0 radical (unpaired) electrons. The third-order valence-electron chi connectivity index (χ3n) is 3.11. The summed E-state index contributed by atoms with van der Waals surface area (Å²) in [7, 11) is 0. The molecule has 19 heavy (non-hydrogen) atoms. The molecule has 2 atom stereocenters. The molecule has 1 aromatic heterocycles. The Kier molecular flexibility index (Phi) is 4.93. The first-order valence-electron chi connectivity index (χ1n) is 6.75. The SMILES string of the molecule is CC1CN(CCNC(=O)Cn2cccn2)CC(C)O1. The van der Waals surface area contributed by atoms with E-state index in [1.54, 1.807) is 17.1 Å². The monoisotopic (exact) mass is 266 g/mol. The molecule has 0 aliphatic carbocycles. The minimum Gasteiger partial charge on any atom is -0.373 e. The number of morpholine rings is 1. The second kappa shape index (κ2) is 6.68. The van der Waals surface area contributed by atoms with Crippen molar-refractivity contribution < 1.29 is 9.53 Å². The van der Waals surface area contributed by atoms with E-state index in [1.807, 2.05) is 6.07 Å². The van der Waals surface area contributed by atoms with Crippen molar-refractivity contribution >= 4 is 5.91 Å². The quantitative estimate of drug-likeness (QED) is 0.822. The van der Waals surface area contributed by atoms with E-state index in [-0.39, 0.29) is 24.7 Å². The summed E-state index contributed by atoms with van der Waals surface area (Å²) < 4.78 is 7.29. The van der Waals surface area contributed by atoms with E-state index in [0.29, 0.717) is 6.54 Å². The highest BCUT2D eigenvalue weighted by Gasteiger charge is 2.21. The van der Waals surface area contributed by atoms with Crippen molar-refractivity contribution in [1.82, 2.24) is 20.0 Å². The molecule has 0 saturated carbocycles. The molecular weight excluding hydrogens is 244 g/mol. The van der Waals surface area contributed by atoms with Crippen LogP contribution in [0, 0.1) is 0 Å². The van der Waals surface area contributed by atoms with E-state index in [2.05, 4.69) is 29.2 Å². The van der Waals surface area contributed by atoms with Crippen LogP contribution in [0.4, 0.5) is 0 Å². The van der Waals surface area contributed by atoms with Crippen molar-refractivity contribution in [2.75, 3.05) is 26.2 Å². The molecular formula is C13H22N4O2. The fraction of sp³-hybridized carbons (Fsp3) is 0.692. The molecule has 1 aliphatic heterocycles. The lowest BCUT2D eigenvalue weighted by molar-refractivity contribution is -0.122. The fourth-order valence-corrected chi connectivity index (χ4v) is 2.42. The van der Waals surface area contributed by atoms with Gasteiger partial charge >= 0.3 is 0 Å². The van der Waals surface area contributed by atoms with Crippen LogP contribution in [-0.2, 0) is 16.1 Å². The number of hydrogen-bond acceptors (Lipinski definition) is 4. The molecule has 6 nitrogen and oxygen atoms in total. The summed E-state index contributed by atoms with van der Waals surface area (Å²) in [6.45, 7) is 7.84. The van der Waals surface area contributed by atoms with Gasteiger partial charge in [0.2, 0.25) is 5.91 Å². The second-order valence-corrected chi connectivity index (χ2v) is 5.07. The van der Waals surface area contributed by atoms with Crippen molar-refractivity contribution in [1.29, 1.82) is 0 Å². The van der Waals surface area contributed by atoms with Gasteiger partial charge in [-0.1, -0.05) is 0 Å². The fourth-order valence-electron chi connectivity index (χ4n) is 2.42. The van der Waals surface area contributed by atoms with Gasteiger partial charge in [-0.15, -0.1) is 0 Å². The van der Waals surface area contributed by atoms with Crippen LogP contribution < -0.4 is 5.32 Å². The topological polar surface area (TPSA) is 59.4 Å². The van der Waals surface area contributed by atoms with Crippen LogP contribution in [0.1, 0.15) is 13.8 Å². The standard InChI is InChI=1S/C13H22N4O2/c1-11-8-16(9-12(2)19-11)7-5-14-13(18)10-17-6-3-4-15-17/h3-4,6,11-12H,5,7-10H2,1-2H3,(H,14,18). The summed E-state index contributed by atoms with van der Waals surface area (Å²) in [5, 5.41) is 6.92. The third kappa shape index (κ3) is 4.65. The maximum absolute atomic E-state index is 11.7. The Balaban J connectivity index is 1.64. The predicted molar refractivity (Wildman–Crippen MR) is 71.7 cm³/mol. The lowest BCUT2D eigenvalue weighted by atomic mass is 10.2. The molecule has 1 fully saturated rings. The Morgan fingerprint density at radius 2 is 2.16 bits per heavy atom. The van der Waals surface area contributed by atoms with Crippen molar-refractivity contribution in [3.05, 3.63) is 18.5 Å². The summed E-state index contributed by atoms with van der Waals surface area (Å²) in [6.07, 6.45) is 3.99. The van der Waals surface area contributed by atoms with Crippen LogP contribution >= 0.6 is 0 Å². The van der Waals surface area contributed by atoms with Crippen LogP contribution in [0.25, 0.3) is 0 Å². The van der Waals surface area contributed by atoms with Crippen molar-refractivity contribution in [3.8, 4) is 0 Å². The van der Waals surface area contributed by atoms with Gasteiger partial charge < -0.3 is 10.1 Å². The first-order chi connectivity index (χ1) is 9.13. The van der Waals surface area contributed by atoms with Crippen LogP contribution in [0.2, 0.25) is 0 Å². The average molecular weight is 266 g/mol. The summed E-state index contributed by atoms with van der Waals surface area (Å²) >= 11 is 0. The predicted octanol–water partition coefficient (Wildman–Crippen LogP) is 0.109. The van der Waals surface area contributed by atoms with E-state index in [1.165, 1.54) is 0 Å². The van der Waals surface area contributed by atoms with Crippen LogP contribution in [0.15, 0.2) is 18.5 Å². The van der Waals surface area contributed by atoms with Gasteiger partial charge in [-0.25, -0.2) is 0 Å². The van der Waals surface area contributed by atoms with Crippen molar-refractivity contribution in [2.45, 2.75) is 32.6 Å². The van der Waals surface area contributed by atoms with Crippen molar-refractivity contribution in [2.24, 2.45) is 0 Å². The molecule has 1 aromatic rings. The van der Waals surface area contributed by atoms with Gasteiger partial charge in [0.15, 0.2) is 0 Å². The molecule has 6 heteroatoms. The molecule has 0 aromatic carbocycles. The molecule has 0 bridgehead atoms. The van der Waals surface area contributed by atoms with Crippen molar-refractivity contribution in [3.63, 3.8) is 0 Å². The molecule has 1 N–H and O–H groups in total. The minimum atomic E-state index is -0.00180. The Morgan fingerprint density at radius 3 is 2.79 bits per heavy atom. The lowest BCUT2D eigenvalue weighted by Gasteiger charge is -2.35. The molecule has 1 saturated heterocycles. The first kappa shape index (κ1) is 14.0. The summed E-state index contributed by atoms with van der Waals surface area (Å²) in [5.74, 6) is -0.00180. The first-order valence-corrected chi connectivity index (χ1v) is 6.75. The van der Waals surface area contributed by atoms with Gasteiger partial charge in [-0.3, -0.25) is 14.4 Å². The zero-order valence-corrected chi connectivity index (χ0v) is 11.6. The number of ether oxygens (including phenoxy) is 1. The van der Waals surface area contributed by atoms with Gasteiger partial charge in [0.1, 0.15) is 6.54 Å². The molecule has 106 valence electrons. The zero-order valence-electron chi connectivity index (χ0n) is 11.6. The zero-order chi connectivity index (χ0) is 13.7. The maximum atomic E-state index is 11.7. The number of aromatic nitrogens is 2. The average Bonchev–Trinajstić information content (AvgIpc) is 2.80. The Labute approximate surface area is 113 Å². The lowest BCUT2D eigenvalue weighted by Crippen LogP contribution is -2.48. The number of nitrogens with zero attached hydrogens (tertiary/aromatic N) is 3. The smallest absolute Gasteiger partial charge is 0.241 e. The summed E-state index contributed by atoms with van der Waals surface area (Å²) in [5.41, 5.74) is 0. The van der Waals surface area contributed by atoms with Gasteiger partial charge in [-0.05, 0) is 19.9 Å². The number of nitrogens with one attached hydrogen (secondary N) is 1. The number of carbonyl (C=O) groups excluding carboxylic acids is 1. The summed E-state index contributed by atoms with van der Waals surface area (Å²) in [4.78, 5) is 14.0. The highest BCUT2D eigenvalue weighted by Crippen LogP contribution is 2.09. The van der Waals surface area contributed by atoms with E-state index in [9.17, 15) is 4.79 Å². The Bertz CT molecular complexity index is 383. The molecule has 1 amide bonds. The van der Waals surface area contributed by atoms with Gasteiger partial charge in [0.25, 0.3) is 0 Å². The highest BCUT2D eigenvalue weighted by atomic mass is 16.5. The van der Waals surface area contributed by atoms with E-state index >= 15 is 0 Å². The highest BCUT2D eigenvalue weighted by molar-refractivity contribution is 5.75. The Hall–Kier alpha value is -1.40. The normalized spacial score (nSPS) is 24.3. The number of rotatable bonds is 5. The molecule has 1 aliphatic rings. The number of hydrogen-bond donors (Lipinski definition) is 1.